The Morgan fingerprint density at radius 3 is 3.04 bits per heavy atom. The van der Waals surface area contributed by atoms with Gasteiger partial charge in [-0.25, -0.2) is 14.2 Å². The van der Waals surface area contributed by atoms with Crippen molar-refractivity contribution in [3.63, 3.8) is 0 Å². The Hall–Kier alpha value is -3.01. The largest absolute Gasteiger partial charge is 0.477 e. The summed E-state index contributed by atoms with van der Waals surface area (Å²) in [6.45, 7) is 1.03. The lowest BCUT2D eigenvalue weighted by atomic mass is 10.1. The number of aromatic nitrogens is 2. The highest BCUT2D eigenvalue weighted by atomic mass is 19.1. The number of pyridine rings is 2. The zero-order valence-corrected chi connectivity index (χ0v) is 13.3. The normalized spacial score (nSPS) is 18.9. The molecule has 2 aromatic rings. The first-order valence-corrected chi connectivity index (χ1v) is 7.46. The Balaban J connectivity index is 2.06. The maximum absolute atomic E-state index is 14.5. The van der Waals surface area contributed by atoms with Gasteiger partial charge in [-0.3, -0.25) is 4.79 Å². The molecule has 1 fully saturated rings. The maximum atomic E-state index is 14.5. The van der Waals surface area contributed by atoms with Crippen LogP contribution in [0.25, 0.3) is 11.0 Å². The predicted molar refractivity (Wildman–Crippen MR) is 88.5 cm³/mol. The quantitative estimate of drug-likeness (QED) is 0.669. The minimum Gasteiger partial charge on any atom is -0.477 e. The molecule has 1 aliphatic rings. The SMILES string of the molecule is CO/N=C1\CN(c2nc3[nH]cc(C(=O)O)c(=O)c3cc2F)CC1CN. The monoisotopic (exact) mass is 349 g/mol. The molecular weight excluding hydrogens is 333 g/mol. The summed E-state index contributed by atoms with van der Waals surface area (Å²) in [7, 11) is 1.42. The zero-order valence-electron chi connectivity index (χ0n) is 13.3. The third-order valence-corrected chi connectivity index (χ3v) is 4.09. The minimum absolute atomic E-state index is 0.0333. The summed E-state index contributed by atoms with van der Waals surface area (Å²) in [5, 5.41) is 12.8. The first kappa shape index (κ1) is 16.8. The molecule has 1 unspecified atom stereocenters. The molecule has 0 saturated carbocycles. The van der Waals surface area contributed by atoms with Gasteiger partial charge in [0.2, 0.25) is 5.43 Å². The molecule has 0 bridgehead atoms. The number of carboxylic acids is 1. The number of carboxylic acid groups (broad SMARTS) is 1. The fraction of sp³-hybridized carbons (Fsp3) is 0.333. The number of hydrogen-bond donors (Lipinski definition) is 3. The standard InChI is InChI=1S/C15H16FN5O4/c1-25-20-11-6-21(5-7(11)3-17)14-10(16)2-8-12(22)9(15(23)24)4-18-13(8)19-14/h2,4,7H,3,5-6,17H2,1H3,(H,23,24)(H,18,19,22)/b20-11+. The molecular formula is C15H16FN5O4. The van der Waals surface area contributed by atoms with Crippen molar-refractivity contribution in [2.24, 2.45) is 16.8 Å². The highest BCUT2D eigenvalue weighted by Gasteiger charge is 2.31. The molecule has 4 N–H and O–H groups in total. The lowest BCUT2D eigenvalue weighted by molar-refractivity contribution is 0.0695. The molecule has 9 nitrogen and oxygen atoms in total. The van der Waals surface area contributed by atoms with Crippen molar-refractivity contribution in [2.45, 2.75) is 0 Å². The number of oxime groups is 1. The van der Waals surface area contributed by atoms with Gasteiger partial charge >= 0.3 is 5.97 Å². The number of fused-ring (bicyclic) bond motifs is 1. The molecule has 1 saturated heterocycles. The topological polar surface area (TPSA) is 134 Å². The van der Waals surface area contributed by atoms with Crippen LogP contribution < -0.4 is 16.1 Å². The second-order valence-electron chi connectivity index (χ2n) is 5.60. The van der Waals surface area contributed by atoms with Crippen LogP contribution in [0, 0.1) is 11.7 Å². The van der Waals surface area contributed by atoms with E-state index in [1.54, 1.807) is 4.90 Å². The van der Waals surface area contributed by atoms with Gasteiger partial charge in [0.05, 0.1) is 17.6 Å². The van der Waals surface area contributed by atoms with Crippen molar-refractivity contribution in [1.82, 2.24) is 9.97 Å². The highest BCUT2D eigenvalue weighted by Crippen LogP contribution is 2.25. The summed E-state index contributed by atoms with van der Waals surface area (Å²) in [5.74, 6) is -2.18. The highest BCUT2D eigenvalue weighted by molar-refractivity contribution is 5.95. The summed E-state index contributed by atoms with van der Waals surface area (Å²) in [6.07, 6.45) is 1.05. The van der Waals surface area contributed by atoms with E-state index in [0.717, 1.165) is 12.3 Å². The lowest BCUT2D eigenvalue weighted by Crippen LogP contribution is -2.25. The Morgan fingerprint density at radius 1 is 1.64 bits per heavy atom. The summed E-state index contributed by atoms with van der Waals surface area (Å²) >= 11 is 0. The molecule has 1 atom stereocenters. The van der Waals surface area contributed by atoms with Crippen molar-refractivity contribution < 1.29 is 19.1 Å². The fourth-order valence-electron chi connectivity index (χ4n) is 2.85. The first-order chi connectivity index (χ1) is 12.0. The molecule has 0 aromatic carbocycles. The molecule has 3 heterocycles. The Bertz CT molecular complexity index is 926. The first-order valence-electron chi connectivity index (χ1n) is 7.46. The number of carbonyl (C=O) groups is 1. The van der Waals surface area contributed by atoms with Crippen LogP contribution in [0.1, 0.15) is 10.4 Å². The maximum Gasteiger partial charge on any atom is 0.341 e. The van der Waals surface area contributed by atoms with Gasteiger partial charge in [0, 0.05) is 25.2 Å². The summed E-state index contributed by atoms with van der Waals surface area (Å²) < 4.78 is 14.5. The minimum atomic E-state index is -1.39. The van der Waals surface area contributed by atoms with Crippen LogP contribution in [0.5, 0.6) is 0 Å². The van der Waals surface area contributed by atoms with Crippen LogP contribution in [-0.2, 0) is 4.84 Å². The van der Waals surface area contributed by atoms with E-state index in [-0.39, 0.29) is 22.8 Å². The number of anilines is 1. The number of hydrogen-bond acceptors (Lipinski definition) is 7. The third-order valence-electron chi connectivity index (χ3n) is 4.09. The van der Waals surface area contributed by atoms with Gasteiger partial charge in [-0.15, -0.1) is 0 Å². The molecule has 132 valence electrons. The molecule has 1 aliphatic heterocycles. The van der Waals surface area contributed by atoms with E-state index in [2.05, 4.69) is 15.1 Å². The fourth-order valence-corrected chi connectivity index (χ4v) is 2.85. The smallest absolute Gasteiger partial charge is 0.341 e. The van der Waals surface area contributed by atoms with E-state index < -0.39 is 22.8 Å². The van der Waals surface area contributed by atoms with E-state index in [9.17, 15) is 14.0 Å². The number of nitrogens with one attached hydrogen (secondary N) is 1. The van der Waals surface area contributed by atoms with E-state index in [1.807, 2.05) is 0 Å². The molecule has 10 heteroatoms. The third kappa shape index (κ3) is 2.91. The molecule has 0 radical (unpaired) electrons. The number of aromatic carboxylic acids is 1. The summed E-state index contributed by atoms with van der Waals surface area (Å²) in [4.78, 5) is 36.3. The molecule has 3 rings (SSSR count). The molecule has 0 spiro atoms. The summed E-state index contributed by atoms with van der Waals surface area (Å²) in [5.41, 5.74) is 5.23. The number of rotatable bonds is 4. The zero-order chi connectivity index (χ0) is 18.1. The molecule has 25 heavy (non-hydrogen) atoms. The number of H-pyrrole nitrogens is 1. The molecule has 2 aromatic heterocycles. The van der Waals surface area contributed by atoms with Crippen LogP contribution >= 0.6 is 0 Å². The van der Waals surface area contributed by atoms with Gasteiger partial charge in [-0.05, 0) is 6.07 Å². The van der Waals surface area contributed by atoms with E-state index >= 15 is 0 Å². The number of nitrogens with zero attached hydrogens (tertiary/aromatic N) is 3. The van der Waals surface area contributed by atoms with Gasteiger partial charge in [0.25, 0.3) is 0 Å². The van der Waals surface area contributed by atoms with E-state index in [4.69, 9.17) is 15.7 Å². The average Bonchev–Trinajstić information content (AvgIpc) is 2.98. The van der Waals surface area contributed by atoms with Gasteiger partial charge in [0.15, 0.2) is 11.6 Å². The Morgan fingerprint density at radius 2 is 2.40 bits per heavy atom. The van der Waals surface area contributed by atoms with E-state index in [1.165, 1.54) is 7.11 Å². The van der Waals surface area contributed by atoms with Crippen molar-refractivity contribution in [3.05, 3.63) is 33.9 Å². The van der Waals surface area contributed by atoms with E-state index in [0.29, 0.717) is 25.3 Å². The van der Waals surface area contributed by atoms with Crippen LogP contribution in [0.4, 0.5) is 10.2 Å². The predicted octanol–water partition coefficient (Wildman–Crippen LogP) is 0.158. The number of nitrogens with two attached hydrogens (primary N) is 1. The Kier molecular flexibility index (Phi) is 4.36. The molecule has 0 amide bonds. The summed E-state index contributed by atoms with van der Waals surface area (Å²) in [6, 6.07) is 0.992. The van der Waals surface area contributed by atoms with Gasteiger partial charge in [0.1, 0.15) is 18.3 Å². The van der Waals surface area contributed by atoms with Crippen LogP contribution in [-0.4, -0.2) is 53.5 Å². The van der Waals surface area contributed by atoms with Crippen molar-refractivity contribution in [3.8, 4) is 0 Å². The van der Waals surface area contributed by atoms with Gasteiger partial charge in [-0.1, -0.05) is 5.16 Å². The molecule has 0 aliphatic carbocycles. The Labute approximate surface area is 140 Å². The van der Waals surface area contributed by atoms with Crippen molar-refractivity contribution in [1.29, 1.82) is 0 Å². The van der Waals surface area contributed by atoms with Crippen LogP contribution in [0.3, 0.4) is 0 Å². The second-order valence-corrected chi connectivity index (χ2v) is 5.60. The van der Waals surface area contributed by atoms with Crippen LogP contribution in [0.15, 0.2) is 22.2 Å². The lowest BCUT2D eigenvalue weighted by Gasteiger charge is -2.17. The second kappa shape index (κ2) is 6.48. The number of aromatic amines is 1. The van der Waals surface area contributed by atoms with Crippen LogP contribution in [0.2, 0.25) is 0 Å². The van der Waals surface area contributed by atoms with Gasteiger partial charge in [-0.2, -0.15) is 0 Å². The van der Waals surface area contributed by atoms with Gasteiger partial charge < -0.3 is 25.6 Å². The average molecular weight is 349 g/mol. The van der Waals surface area contributed by atoms with Crippen molar-refractivity contribution >= 4 is 28.5 Å². The number of halogens is 1. The van der Waals surface area contributed by atoms with Crippen molar-refractivity contribution in [2.75, 3.05) is 31.6 Å².